The van der Waals surface area contributed by atoms with Crippen molar-refractivity contribution in [2.24, 2.45) is 0 Å². The number of rotatable bonds is 4. The molecule has 0 aliphatic carbocycles. The van der Waals surface area contributed by atoms with Crippen LogP contribution in [-0.2, 0) is 11.2 Å². The predicted molar refractivity (Wildman–Crippen MR) is 96.3 cm³/mol. The van der Waals surface area contributed by atoms with Gasteiger partial charge in [-0.25, -0.2) is 4.79 Å². The molecule has 2 atom stereocenters. The zero-order valence-corrected chi connectivity index (χ0v) is 15.2. The predicted octanol–water partition coefficient (Wildman–Crippen LogP) is 1.43. The fourth-order valence-electron chi connectivity index (χ4n) is 3.97. The maximum Gasteiger partial charge on any atom is 0.317 e. The van der Waals surface area contributed by atoms with E-state index in [-0.39, 0.29) is 12.1 Å². The molecule has 2 unspecified atom stereocenters. The minimum Gasteiger partial charge on any atom is -0.611 e. The largest absolute Gasteiger partial charge is 0.611 e. The molecule has 0 saturated carbocycles. The molecule has 0 spiro atoms. The first-order chi connectivity index (χ1) is 12.2. The van der Waals surface area contributed by atoms with Crippen LogP contribution in [-0.4, -0.2) is 71.0 Å². The van der Waals surface area contributed by atoms with Gasteiger partial charge in [0.25, 0.3) is 0 Å². The van der Waals surface area contributed by atoms with Gasteiger partial charge in [-0.05, 0) is 36.2 Å². The van der Waals surface area contributed by atoms with Gasteiger partial charge >= 0.3 is 6.03 Å². The standard InChI is InChI=1S/C18H25N3O3S/c22-18-19-8-12-21(18)14-5-9-20(10-6-14)11-7-15-13-25(23)17-4-2-1-3-16(17)24-15/h1-4,14-15H,5-13H2,(H,19,22). The lowest BCUT2D eigenvalue weighted by Crippen LogP contribution is -2.47. The summed E-state index contributed by atoms with van der Waals surface area (Å²) in [4.78, 5) is 17.0. The summed E-state index contributed by atoms with van der Waals surface area (Å²) >= 11 is -0.958. The lowest BCUT2D eigenvalue weighted by molar-refractivity contribution is 0.119. The normalized spacial score (nSPS) is 27.7. The second-order valence-electron chi connectivity index (χ2n) is 6.99. The van der Waals surface area contributed by atoms with Crippen LogP contribution in [0.2, 0.25) is 0 Å². The number of fused-ring (bicyclic) bond motifs is 1. The first-order valence-corrected chi connectivity index (χ1v) is 10.4. The first kappa shape index (κ1) is 17.0. The van der Waals surface area contributed by atoms with Crippen molar-refractivity contribution in [3.05, 3.63) is 24.3 Å². The van der Waals surface area contributed by atoms with Gasteiger partial charge in [-0.3, -0.25) is 0 Å². The molecule has 25 heavy (non-hydrogen) atoms. The molecule has 3 aliphatic rings. The van der Waals surface area contributed by atoms with Crippen molar-refractivity contribution < 1.29 is 14.1 Å². The van der Waals surface area contributed by atoms with Gasteiger partial charge in [0, 0.05) is 45.2 Å². The van der Waals surface area contributed by atoms with Crippen LogP contribution in [0.5, 0.6) is 5.75 Å². The Morgan fingerprint density at radius 2 is 2.04 bits per heavy atom. The third-order valence-electron chi connectivity index (χ3n) is 5.38. The number of ether oxygens (including phenoxy) is 1. The highest BCUT2D eigenvalue weighted by Crippen LogP contribution is 2.31. The number of nitrogens with one attached hydrogen (secondary N) is 1. The van der Waals surface area contributed by atoms with Crippen LogP contribution in [0.4, 0.5) is 4.79 Å². The van der Waals surface area contributed by atoms with E-state index in [0.29, 0.717) is 11.8 Å². The molecule has 136 valence electrons. The zero-order chi connectivity index (χ0) is 17.2. The highest BCUT2D eigenvalue weighted by atomic mass is 32.2. The van der Waals surface area contributed by atoms with Crippen LogP contribution in [0.25, 0.3) is 0 Å². The van der Waals surface area contributed by atoms with Crippen molar-refractivity contribution in [3.8, 4) is 5.75 Å². The Labute approximate surface area is 151 Å². The van der Waals surface area contributed by atoms with Gasteiger partial charge in [0.1, 0.15) is 11.9 Å². The molecule has 1 N–H and O–H groups in total. The number of carbonyl (C=O) groups is 1. The summed E-state index contributed by atoms with van der Waals surface area (Å²) in [6.45, 7) is 4.60. The van der Waals surface area contributed by atoms with Gasteiger partial charge in [-0.1, -0.05) is 12.1 Å². The van der Waals surface area contributed by atoms with E-state index in [4.69, 9.17) is 4.74 Å². The minimum absolute atomic E-state index is 0.0258. The highest BCUT2D eigenvalue weighted by Gasteiger charge is 2.33. The van der Waals surface area contributed by atoms with E-state index in [0.717, 1.165) is 62.6 Å². The van der Waals surface area contributed by atoms with Gasteiger partial charge in [-0.2, -0.15) is 0 Å². The summed E-state index contributed by atoms with van der Waals surface area (Å²) in [6.07, 6.45) is 2.99. The summed E-state index contributed by atoms with van der Waals surface area (Å²) in [6, 6.07) is 8.11. The highest BCUT2D eigenvalue weighted by molar-refractivity contribution is 7.91. The average Bonchev–Trinajstić information content (AvgIpc) is 3.06. The molecule has 0 aromatic heterocycles. The van der Waals surface area contributed by atoms with Crippen molar-refractivity contribution in [1.82, 2.24) is 15.1 Å². The lowest BCUT2D eigenvalue weighted by Gasteiger charge is -2.36. The summed E-state index contributed by atoms with van der Waals surface area (Å²) in [5.74, 6) is 1.36. The zero-order valence-electron chi connectivity index (χ0n) is 14.4. The van der Waals surface area contributed by atoms with Crippen LogP contribution in [0, 0.1) is 0 Å². The first-order valence-electron chi connectivity index (χ1n) is 9.11. The smallest absolute Gasteiger partial charge is 0.317 e. The van der Waals surface area contributed by atoms with Crippen molar-refractivity contribution in [2.45, 2.75) is 36.3 Å². The molecule has 0 radical (unpaired) electrons. The maximum atomic E-state index is 12.3. The van der Waals surface area contributed by atoms with Crippen LogP contribution in [0.15, 0.2) is 29.2 Å². The van der Waals surface area contributed by atoms with Crippen molar-refractivity contribution in [2.75, 3.05) is 38.5 Å². The average molecular weight is 363 g/mol. The number of nitrogens with zero attached hydrogens (tertiary/aromatic N) is 2. The number of amides is 2. The monoisotopic (exact) mass is 363 g/mol. The van der Waals surface area contributed by atoms with E-state index in [1.165, 1.54) is 0 Å². The van der Waals surface area contributed by atoms with Crippen molar-refractivity contribution >= 4 is 17.2 Å². The number of urea groups is 1. The minimum atomic E-state index is -0.958. The van der Waals surface area contributed by atoms with Gasteiger partial charge in [0.05, 0.1) is 0 Å². The Balaban J connectivity index is 1.24. The number of hydrogen-bond donors (Lipinski definition) is 1. The maximum absolute atomic E-state index is 12.3. The second-order valence-corrected chi connectivity index (χ2v) is 8.45. The number of likely N-dealkylation sites (tertiary alicyclic amines) is 1. The summed E-state index contributed by atoms with van der Waals surface area (Å²) in [5.41, 5.74) is 0. The Hall–Kier alpha value is -1.44. The molecular formula is C18H25N3O3S. The van der Waals surface area contributed by atoms with E-state index in [1.807, 2.05) is 29.2 Å². The van der Waals surface area contributed by atoms with Crippen LogP contribution >= 0.6 is 0 Å². The molecule has 0 bridgehead atoms. The SMILES string of the molecule is O=C1NCCN1C1CCN(CCC2C[S+]([O-])c3ccccc3O2)CC1. The number of para-hydroxylation sites is 1. The van der Waals surface area contributed by atoms with E-state index in [1.54, 1.807) is 0 Å². The van der Waals surface area contributed by atoms with Gasteiger partial charge < -0.3 is 24.4 Å². The van der Waals surface area contributed by atoms with Crippen LogP contribution in [0.1, 0.15) is 19.3 Å². The fraction of sp³-hybridized carbons (Fsp3) is 0.611. The Morgan fingerprint density at radius 3 is 2.80 bits per heavy atom. The molecule has 1 aromatic carbocycles. The number of piperidine rings is 1. The Kier molecular flexibility index (Phi) is 5.05. The summed E-state index contributed by atoms with van der Waals surface area (Å²) in [7, 11) is 0. The molecule has 7 heteroatoms. The molecule has 6 nitrogen and oxygen atoms in total. The van der Waals surface area contributed by atoms with Crippen molar-refractivity contribution in [3.63, 3.8) is 0 Å². The molecule has 1 aromatic rings. The third kappa shape index (κ3) is 3.73. The van der Waals surface area contributed by atoms with Crippen molar-refractivity contribution in [1.29, 1.82) is 0 Å². The molecule has 4 rings (SSSR count). The molecule has 2 fully saturated rings. The van der Waals surface area contributed by atoms with E-state index in [2.05, 4.69) is 10.2 Å². The van der Waals surface area contributed by atoms with Crippen LogP contribution in [0.3, 0.4) is 0 Å². The summed E-state index contributed by atoms with van der Waals surface area (Å²) < 4.78 is 18.4. The molecule has 3 heterocycles. The van der Waals surface area contributed by atoms with E-state index < -0.39 is 11.2 Å². The van der Waals surface area contributed by atoms with Gasteiger partial charge in [-0.15, -0.1) is 0 Å². The molecule has 3 aliphatic heterocycles. The molecular weight excluding hydrogens is 338 g/mol. The van der Waals surface area contributed by atoms with E-state index in [9.17, 15) is 9.35 Å². The van der Waals surface area contributed by atoms with Gasteiger partial charge in [0.15, 0.2) is 10.6 Å². The fourth-order valence-corrected chi connectivity index (χ4v) is 5.29. The third-order valence-corrected chi connectivity index (χ3v) is 6.88. The van der Waals surface area contributed by atoms with E-state index >= 15 is 0 Å². The Morgan fingerprint density at radius 1 is 1.24 bits per heavy atom. The summed E-state index contributed by atoms with van der Waals surface area (Å²) in [5, 5.41) is 2.89. The molecule has 2 saturated heterocycles. The second kappa shape index (κ2) is 7.43. The van der Waals surface area contributed by atoms with Gasteiger partial charge in [0.2, 0.25) is 0 Å². The quantitative estimate of drug-likeness (QED) is 0.822. The molecule has 2 amide bonds. The Bertz CT molecular complexity index is 621. The number of benzene rings is 1. The van der Waals surface area contributed by atoms with Crippen LogP contribution < -0.4 is 10.1 Å². The lowest BCUT2D eigenvalue weighted by atomic mass is 10.0. The number of hydrogen-bond acceptors (Lipinski definition) is 4. The number of carbonyl (C=O) groups excluding carboxylic acids is 1. The topological polar surface area (TPSA) is 67.9 Å².